The van der Waals surface area contributed by atoms with Crippen LogP contribution in [0.4, 0.5) is 0 Å². The largest absolute Gasteiger partial charge is 0.294 e. The quantitative estimate of drug-likeness (QED) is 0.328. The molecular formula is C16H29NO2S2. The molecule has 0 aromatic carbocycles. The minimum Gasteiger partial charge on any atom is -0.294 e. The second-order valence-corrected chi connectivity index (χ2v) is 8.67. The average molecular weight is 332 g/mol. The average Bonchev–Trinajstić information content (AvgIpc) is 2.73. The van der Waals surface area contributed by atoms with Crippen molar-refractivity contribution in [1.82, 2.24) is 5.32 Å². The van der Waals surface area contributed by atoms with E-state index >= 15 is 0 Å². The Bertz CT molecular complexity index is 320. The molecule has 0 bridgehead atoms. The van der Waals surface area contributed by atoms with Crippen molar-refractivity contribution in [2.75, 3.05) is 11.5 Å². The number of imide groups is 1. The third kappa shape index (κ3) is 6.64. The summed E-state index contributed by atoms with van der Waals surface area (Å²) in [5.41, 5.74) is 0. The zero-order chi connectivity index (χ0) is 15.6. The Morgan fingerprint density at radius 2 is 1.43 bits per heavy atom. The molecule has 0 aliphatic carbocycles. The van der Waals surface area contributed by atoms with Gasteiger partial charge in [-0.05, 0) is 24.3 Å². The second-order valence-electron chi connectivity index (χ2n) is 5.63. The maximum absolute atomic E-state index is 12.2. The lowest BCUT2D eigenvalue weighted by Gasteiger charge is -2.24. The number of hydrogen-bond donors (Lipinski definition) is 1. The zero-order valence-electron chi connectivity index (χ0n) is 13.4. The monoisotopic (exact) mass is 331 g/mol. The van der Waals surface area contributed by atoms with Crippen LogP contribution in [-0.4, -0.2) is 27.4 Å². The molecule has 0 unspecified atom stereocenters. The molecule has 1 aliphatic rings. The van der Waals surface area contributed by atoms with Gasteiger partial charge in [0.1, 0.15) is 4.08 Å². The van der Waals surface area contributed by atoms with Gasteiger partial charge in [0.25, 0.3) is 5.91 Å². The van der Waals surface area contributed by atoms with Gasteiger partial charge in [-0.3, -0.25) is 14.9 Å². The zero-order valence-corrected chi connectivity index (χ0v) is 15.0. The summed E-state index contributed by atoms with van der Waals surface area (Å²) in [5, 5.41) is 2.49. The van der Waals surface area contributed by atoms with E-state index < -0.39 is 4.08 Å². The Kier molecular flexibility index (Phi) is 9.49. The predicted molar refractivity (Wildman–Crippen MR) is 93.7 cm³/mol. The lowest BCUT2D eigenvalue weighted by Crippen LogP contribution is -2.32. The molecule has 1 rings (SSSR count). The summed E-state index contributed by atoms with van der Waals surface area (Å²) < 4.78 is -0.546. The molecule has 0 atom stereocenters. The summed E-state index contributed by atoms with van der Waals surface area (Å²) in [6.07, 6.45) is 10.0. The van der Waals surface area contributed by atoms with Crippen LogP contribution in [0.2, 0.25) is 0 Å². The van der Waals surface area contributed by atoms with Crippen molar-refractivity contribution in [3.63, 3.8) is 0 Å². The highest BCUT2D eigenvalue weighted by atomic mass is 32.2. The fourth-order valence-electron chi connectivity index (χ4n) is 2.36. The Morgan fingerprint density at radius 3 is 1.81 bits per heavy atom. The number of amides is 2. The molecule has 122 valence electrons. The van der Waals surface area contributed by atoms with Gasteiger partial charge in [0, 0.05) is 0 Å². The first-order valence-corrected chi connectivity index (χ1v) is 10.2. The Hall–Kier alpha value is -0.160. The molecule has 0 radical (unpaired) electrons. The third-order valence-corrected chi connectivity index (χ3v) is 6.94. The van der Waals surface area contributed by atoms with Crippen molar-refractivity contribution in [2.45, 2.75) is 75.7 Å². The number of unbranched alkanes of at least 4 members (excludes halogenated alkanes) is 6. The summed E-state index contributed by atoms with van der Waals surface area (Å²) in [6, 6.07) is 0. The molecule has 2 amide bonds. The molecular weight excluding hydrogens is 302 g/mol. The number of carbonyl (C=O) groups excluding carboxylic acids is 2. The van der Waals surface area contributed by atoms with E-state index in [1.54, 1.807) is 23.5 Å². The smallest absolute Gasteiger partial charge is 0.253 e. The maximum atomic E-state index is 12.2. The summed E-state index contributed by atoms with van der Waals surface area (Å²) in [6.45, 7) is 4.40. The normalized spacial score (nSPS) is 17.2. The topological polar surface area (TPSA) is 46.2 Å². The van der Waals surface area contributed by atoms with E-state index in [9.17, 15) is 9.59 Å². The lowest BCUT2D eigenvalue weighted by molar-refractivity contribution is -0.124. The highest BCUT2D eigenvalue weighted by molar-refractivity contribution is 8.19. The molecule has 1 fully saturated rings. The predicted octanol–water partition coefficient (Wildman–Crippen LogP) is 4.36. The van der Waals surface area contributed by atoms with Crippen molar-refractivity contribution < 1.29 is 9.59 Å². The number of carbonyl (C=O) groups is 2. The lowest BCUT2D eigenvalue weighted by atomic mass is 10.2. The van der Waals surface area contributed by atoms with E-state index in [-0.39, 0.29) is 11.8 Å². The molecule has 1 heterocycles. The van der Waals surface area contributed by atoms with Crippen molar-refractivity contribution in [1.29, 1.82) is 0 Å². The highest BCUT2D eigenvalue weighted by Crippen LogP contribution is 2.44. The molecule has 1 N–H and O–H groups in total. The second kappa shape index (κ2) is 10.5. The highest BCUT2D eigenvalue weighted by Gasteiger charge is 2.47. The summed E-state index contributed by atoms with van der Waals surface area (Å²) >= 11 is 3.38. The van der Waals surface area contributed by atoms with E-state index in [4.69, 9.17) is 0 Å². The minimum atomic E-state index is -0.546. The van der Waals surface area contributed by atoms with Crippen molar-refractivity contribution in [3.05, 3.63) is 0 Å². The fraction of sp³-hybridized carbons (Fsp3) is 0.875. The van der Waals surface area contributed by atoms with E-state index in [0.29, 0.717) is 6.42 Å². The van der Waals surface area contributed by atoms with E-state index in [2.05, 4.69) is 19.2 Å². The van der Waals surface area contributed by atoms with Crippen LogP contribution in [0.5, 0.6) is 0 Å². The van der Waals surface area contributed by atoms with E-state index in [1.807, 2.05) is 0 Å². The Balaban J connectivity index is 2.40. The number of thioether (sulfide) groups is 2. The molecule has 0 aromatic heterocycles. The van der Waals surface area contributed by atoms with E-state index in [1.165, 1.54) is 38.5 Å². The Morgan fingerprint density at radius 1 is 0.905 bits per heavy atom. The SMILES string of the molecule is CCCCCCSC1(SCCCCCC)CC(=O)NC1=O. The molecule has 1 saturated heterocycles. The van der Waals surface area contributed by atoms with Crippen molar-refractivity contribution in [2.24, 2.45) is 0 Å². The van der Waals surface area contributed by atoms with Gasteiger partial charge < -0.3 is 0 Å². The number of rotatable bonds is 12. The first-order chi connectivity index (χ1) is 10.1. The van der Waals surface area contributed by atoms with E-state index in [0.717, 1.165) is 24.3 Å². The van der Waals surface area contributed by atoms with Gasteiger partial charge in [-0.1, -0.05) is 52.4 Å². The van der Waals surface area contributed by atoms with Crippen LogP contribution in [0, 0.1) is 0 Å². The first kappa shape index (κ1) is 18.9. The van der Waals surface area contributed by atoms with Crippen LogP contribution in [0.25, 0.3) is 0 Å². The van der Waals surface area contributed by atoms with Gasteiger partial charge in [-0.25, -0.2) is 0 Å². The molecule has 0 saturated carbocycles. The molecule has 1 aliphatic heterocycles. The van der Waals surface area contributed by atoms with Gasteiger partial charge >= 0.3 is 0 Å². The summed E-state index contributed by atoms with van der Waals surface area (Å²) in [4.78, 5) is 23.8. The van der Waals surface area contributed by atoms with Crippen molar-refractivity contribution >= 4 is 35.3 Å². The van der Waals surface area contributed by atoms with Gasteiger partial charge in [0.2, 0.25) is 5.91 Å². The van der Waals surface area contributed by atoms with Gasteiger partial charge in [-0.15, -0.1) is 23.5 Å². The number of hydrogen-bond acceptors (Lipinski definition) is 4. The third-order valence-electron chi connectivity index (χ3n) is 3.66. The minimum absolute atomic E-state index is 0.0755. The van der Waals surface area contributed by atoms with Crippen LogP contribution in [0.15, 0.2) is 0 Å². The van der Waals surface area contributed by atoms with Gasteiger partial charge in [0.05, 0.1) is 6.42 Å². The summed E-state index contributed by atoms with van der Waals surface area (Å²) in [7, 11) is 0. The van der Waals surface area contributed by atoms with Crippen molar-refractivity contribution in [3.8, 4) is 0 Å². The molecule has 0 spiro atoms. The molecule has 0 aromatic rings. The molecule has 21 heavy (non-hydrogen) atoms. The standard InChI is InChI=1S/C16H29NO2S2/c1-3-5-7-9-11-20-16(13-14(18)17-15(16)19)21-12-10-8-6-4-2/h3-13H2,1-2H3,(H,17,18,19). The van der Waals surface area contributed by atoms with Crippen LogP contribution in [0.3, 0.4) is 0 Å². The van der Waals surface area contributed by atoms with Gasteiger partial charge in [0.15, 0.2) is 0 Å². The molecule has 5 heteroatoms. The summed E-state index contributed by atoms with van der Waals surface area (Å²) in [5.74, 6) is 1.77. The fourth-order valence-corrected chi connectivity index (χ4v) is 5.38. The first-order valence-electron chi connectivity index (χ1n) is 8.27. The van der Waals surface area contributed by atoms with Crippen LogP contribution < -0.4 is 5.32 Å². The Labute approximate surface area is 137 Å². The van der Waals surface area contributed by atoms with Crippen LogP contribution in [-0.2, 0) is 9.59 Å². The van der Waals surface area contributed by atoms with Crippen LogP contribution >= 0.6 is 23.5 Å². The maximum Gasteiger partial charge on any atom is 0.253 e. The van der Waals surface area contributed by atoms with Crippen LogP contribution in [0.1, 0.15) is 71.6 Å². The van der Waals surface area contributed by atoms with Gasteiger partial charge in [-0.2, -0.15) is 0 Å². The molecule has 3 nitrogen and oxygen atoms in total. The number of nitrogens with one attached hydrogen (secondary N) is 1.